The predicted octanol–water partition coefficient (Wildman–Crippen LogP) is 2.46. The Bertz CT molecular complexity index is 922. The van der Waals surface area contributed by atoms with E-state index in [0.29, 0.717) is 22.7 Å². The second-order valence-electron chi connectivity index (χ2n) is 6.39. The largest absolute Gasteiger partial charge is 0.497 e. The summed E-state index contributed by atoms with van der Waals surface area (Å²) >= 11 is 0. The van der Waals surface area contributed by atoms with Crippen molar-refractivity contribution in [1.82, 2.24) is 4.72 Å². The number of methoxy groups -OCH3 is 1. The lowest BCUT2D eigenvalue weighted by Crippen LogP contribution is -2.25. The third-order valence-electron chi connectivity index (χ3n) is 4.09. The van der Waals surface area contributed by atoms with Crippen molar-refractivity contribution >= 4 is 21.6 Å². The Morgan fingerprint density at radius 3 is 2.44 bits per heavy atom. The highest BCUT2D eigenvalue weighted by Gasteiger charge is 2.28. The maximum absolute atomic E-state index is 12.2. The van der Waals surface area contributed by atoms with Crippen LogP contribution in [-0.2, 0) is 14.8 Å². The number of hydrogen-bond donors (Lipinski definition) is 2. The fourth-order valence-electron chi connectivity index (χ4n) is 2.45. The Morgan fingerprint density at radius 1 is 1.15 bits per heavy atom. The third-order valence-corrected chi connectivity index (χ3v) is 5.61. The second kappa shape index (κ2) is 7.98. The van der Waals surface area contributed by atoms with Gasteiger partial charge in [0.1, 0.15) is 11.5 Å². The third kappa shape index (κ3) is 5.21. The molecule has 144 valence electrons. The van der Waals surface area contributed by atoms with Gasteiger partial charge in [0.2, 0.25) is 10.0 Å². The van der Waals surface area contributed by atoms with Crippen molar-refractivity contribution in [2.45, 2.75) is 30.7 Å². The fourth-order valence-corrected chi connectivity index (χ4v) is 3.84. The standard InChI is InChI=1S/C19H22N2O5S/c1-13-11-17(27(23,24)21-15-3-4-15)9-10-18(13)26-12-19(22)20-14-5-7-16(25-2)8-6-14/h5-11,15,21H,3-4,12H2,1-2H3,(H,20,22). The molecule has 0 radical (unpaired) electrons. The molecule has 8 heteroatoms. The van der Waals surface area contributed by atoms with E-state index in [9.17, 15) is 13.2 Å². The summed E-state index contributed by atoms with van der Waals surface area (Å²) in [5.41, 5.74) is 1.28. The molecular weight excluding hydrogens is 368 g/mol. The van der Waals surface area contributed by atoms with E-state index in [4.69, 9.17) is 9.47 Å². The average molecular weight is 390 g/mol. The smallest absolute Gasteiger partial charge is 0.262 e. The molecule has 1 aliphatic rings. The molecule has 0 spiro atoms. The second-order valence-corrected chi connectivity index (χ2v) is 8.10. The Labute approximate surface area is 158 Å². The number of nitrogens with one attached hydrogen (secondary N) is 2. The van der Waals surface area contributed by atoms with Crippen molar-refractivity contribution in [3.05, 3.63) is 48.0 Å². The molecule has 27 heavy (non-hydrogen) atoms. The number of carbonyl (C=O) groups is 1. The van der Waals surface area contributed by atoms with Crippen molar-refractivity contribution in [2.24, 2.45) is 0 Å². The lowest BCUT2D eigenvalue weighted by atomic mass is 10.2. The number of amides is 1. The van der Waals surface area contributed by atoms with Crippen LogP contribution < -0.4 is 19.5 Å². The van der Waals surface area contributed by atoms with Gasteiger partial charge in [0.25, 0.3) is 5.91 Å². The summed E-state index contributed by atoms with van der Waals surface area (Å²) in [6, 6.07) is 11.6. The molecule has 0 bridgehead atoms. The summed E-state index contributed by atoms with van der Waals surface area (Å²) < 4.78 is 37.7. The van der Waals surface area contributed by atoms with Gasteiger partial charge in [-0.1, -0.05) is 0 Å². The zero-order valence-corrected chi connectivity index (χ0v) is 16.0. The van der Waals surface area contributed by atoms with Crippen molar-refractivity contribution in [3.8, 4) is 11.5 Å². The van der Waals surface area contributed by atoms with Crippen molar-refractivity contribution < 1.29 is 22.7 Å². The van der Waals surface area contributed by atoms with Crippen LogP contribution in [0.25, 0.3) is 0 Å². The lowest BCUT2D eigenvalue weighted by Gasteiger charge is -2.12. The van der Waals surface area contributed by atoms with Gasteiger partial charge in [0.15, 0.2) is 6.61 Å². The normalized spacial score (nSPS) is 13.9. The maximum atomic E-state index is 12.2. The van der Waals surface area contributed by atoms with Gasteiger partial charge >= 0.3 is 0 Å². The van der Waals surface area contributed by atoms with Gasteiger partial charge in [-0.25, -0.2) is 13.1 Å². The van der Waals surface area contributed by atoms with E-state index in [1.54, 1.807) is 50.4 Å². The number of hydrogen-bond acceptors (Lipinski definition) is 5. The number of ether oxygens (including phenoxy) is 2. The molecule has 2 N–H and O–H groups in total. The molecule has 0 atom stereocenters. The molecule has 1 aliphatic carbocycles. The molecule has 0 saturated heterocycles. The molecule has 7 nitrogen and oxygen atoms in total. The summed E-state index contributed by atoms with van der Waals surface area (Å²) in [4.78, 5) is 12.2. The van der Waals surface area contributed by atoms with Crippen LogP contribution in [0.15, 0.2) is 47.4 Å². The van der Waals surface area contributed by atoms with Gasteiger partial charge in [-0.2, -0.15) is 0 Å². The van der Waals surface area contributed by atoms with E-state index >= 15 is 0 Å². The minimum Gasteiger partial charge on any atom is -0.497 e. The predicted molar refractivity (Wildman–Crippen MR) is 102 cm³/mol. The van der Waals surface area contributed by atoms with Crippen LogP contribution in [0.2, 0.25) is 0 Å². The molecule has 2 aromatic rings. The fraction of sp³-hybridized carbons (Fsp3) is 0.316. The molecule has 0 aromatic heterocycles. The Morgan fingerprint density at radius 2 is 1.85 bits per heavy atom. The number of carbonyl (C=O) groups excluding carboxylic acids is 1. The van der Waals surface area contributed by atoms with Gasteiger partial charge in [0, 0.05) is 11.7 Å². The first kappa shape index (κ1) is 19.2. The van der Waals surface area contributed by atoms with E-state index in [0.717, 1.165) is 12.8 Å². The highest BCUT2D eigenvalue weighted by Crippen LogP contribution is 2.25. The summed E-state index contributed by atoms with van der Waals surface area (Å²) in [7, 11) is -1.94. The van der Waals surface area contributed by atoms with Gasteiger partial charge in [-0.3, -0.25) is 4.79 Å². The van der Waals surface area contributed by atoms with Crippen LogP contribution in [0.5, 0.6) is 11.5 Å². The first-order chi connectivity index (χ1) is 12.9. The molecule has 0 aliphatic heterocycles. The minimum absolute atomic E-state index is 0.0490. The Hall–Kier alpha value is -2.58. The monoisotopic (exact) mass is 390 g/mol. The van der Waals surface area contributed by atoms with Crippen LogP contribution in [0.1, 0.15) is 18.4 Å². The SMILES string of the molecule is COc1ccc(NC(=O)COc2ccc(S(=O)(=O)NC3CC3)cc2C)cc1. The first-order valence-electron chi connectivity index (χ1n) is 8.57. The van der Waals surface area contributed by atoms with E-state index in [2.05, 4.69) is 10.0 Å². The van der Waals surface area contributed by atoms with Gasteiger partial charge < -0.3 is 14.8 Å². The van der Waals surface area contributed by atoms with Crippen molar-refractivity contribution in [3.63, 3.8) is 0 Å². The van der Waals surface area contributed by atoms with Gasteiger partial charge in [-0.05, 0) is 67.8 Å². The number of benzene rings is 2. The quantitative estimate of drug-likeness (QED) is 0.722. The van der Waals surface area contributed by atoms with Crippen LogP contribution in [0, 0.1) is 6.92 Å². The van der Waals surface area contributed by atoms with Gasteiger partial charge in [0.05, 0.1) is 12.0 Å². The first-order valence-corrected chi connectivity index (χ1v) is 10.1. The van der Waals surface area contributed by atoms with Crippen LogP contribution in [-0.4, -0.2) is 34.1 Å². The number of rotatable bonds is 8. The van der Waals surface area contributed by atoms with Crippen molar-refractivity contribution in [2.75, 3.05) is 19.0 Å². The van der Waals surface area contributed by atoms with Crippen molar-refractivity contribution in [1.29, 1.82) is 0 Å². The van der Waals surface area contributed by atoms with E-state index in [1.165, 1.54) is 6.07 Å². The summed E-state index contributed by atoms with van der Waals surface area (Å²) in [5, 5.41) is 2.72. The molecule has 2 aromatic carbocycles. The van der Waals surface area contributed by atoms with Crippen LogP contribution in [0.3, 0.4) is 0 Å². The zero-order chi connectivity index (χ0) is 19.4. The number of sulfonamides is 1. The molecule has 0 unspecified atom stereocenters. The van der Waals surface area contributed by atoms with Crippen LogP contribution >= 0.6 is 0 Å². The molecule has 1 saturated carbocycles. The highest BCUT2D eigenvalue weighted by molar-refractivity contribution is 7.89. The van der Waals surface area contributed by atoms with Gasteiger partial charge in [-0.15, -0.1) is 0 Å². The number of anilines is 1. The summed E-state index contributed by atoms with van der Waals surface area (Å²) in [6.45, 7) is 1.56. The Kier molecular flexibility index (Phi) is 5.67. The lowest BCUT2D eigenvalue weighted by molar-refractivity contribution is -0.118. The highest BCUT2D eigenvalue weighted by atomic mass is 32.2. The zero-order valence-electron chi connectivity index (χ0n) is 15.2. The minimum atomic E-state index is -3.51. The molecule has 1 amide bonds. The van der Waals surface area contributed by atoms with E-state index in [1.807, 2.05) is 0 Å². The molecular formula is C19H22N2O5S. The summed E-state index contributed by atoms with van der Waals surface area (Å²) in [5.74, 6) is 0.850. The maximum Gasteiger partial charge on any atom is 0.262 e. The van der Waals surface area contributed by atoms with E-state index < -0.39 is 10.0 Å². The van der Waals surface area contributed by atoms with E-state index in [-0.39, 0.29) is 23.5 Å². The Balaban J connectivity index is 1.57. The number of aryl methyl sites for hydroxylation is 1. The molecule has 1 fully saturated rings. The average Bonchev–Trinajstić information content (AvgIpc) is 3.44. The van der Waals surface area contributed by atoms with Crippen LogP contribution in [0.4, 0.5) is 5.69 Å². The topological polar surface area (TPSA) is 93.7 Å². The molecule has 3 rings (SSSR count). The summed E-state index contributed by atoms with van der Waals surface area (Å²) in [6.07, 6.45) is 1.76. The molecule has 0 heterocycles.